The van der Waals surface area contributed by atoms with E-state index in [0.29, 0.717) is 29.9 Å². The van der Waals surface area contributed by atoms with Crippen molar-refractivity contribution < 1.29 is 9.32 Å². The number of rotatable bonds is 5. The molecule has 1 aliphatic rings. The number of hydrogen-bond acceptors (Lipinski definition) is 6. The summed E-state index contributed by atoms with van der Waals surface area (Å²) in [6.07, 6.45) is 5.94. The maximum atomic E-state index is 13.2. The third-order valence-corrected chi connectivity index (χ3v) is 4.93. The highest BCUT2D eigenvalue weighted by molar-refractivity contribution is 5.93. The normalized spacial score (nSPS) is 16.9. The number of aryl methyl sites for hydroxylation is 1. The first-order chi connectivity index (χ1) is 13.5. The summed E-state index contributed by atoms with van der Waals surface area (Å²) < 4.78 is 7.17. The predicted molar refractivity (Wildman–Crippen MR) is 102 cm³/mol. The van der Waals surface area contributed by atoms with E-state index in [0.717, 1.165) is 30.5 Å². The molecule has 8 heteroatoms. The number of nitrogens with zero attached hydrogens (tertiary/aromatic N) is 6. The van der Waals surface area contributed by atoms with Crippen LogP contribution in [0.25, 0.3) is 11.4 Å². The summed E-state index contributed by atoms with van der Waals surface area (Å²) in [5.74, 6) is 1.40. The lowest BCUT2D eigenvalue weighted by atomic mass is 10.1. The van der Waals surface area contributed by atoms with Gasteiger partial charge in [0.25, 0.3) is 5.91 Å². The van der Waals surface area contributed by atoms with Crippen LogP contribution in [0.5, 0.6) is 0 Å². The van der Waals surface area contributed by atoms with Crippen molar-refractivity contribution in [3.63, 3.8) is 0 Å². The summed E-state index contributed by atoms with van der Waals surface area (Å²) in [4.78, 5) is 23.6. The van der Waals surface area contributed by atoms with Crippen molar-refractivity contribution in [2.24, 2.45) is 13.0 Å². The van der Waals surface area contributed by atoms with E-state index in [1.54, 1.807) is 17.1 Å². The van der Waals surface area contributed by atoms with E-state index in [4.69, 9.17) is 4.52 Å². The second-order valence-electron chi connectivity index (χ2n) is 7.60. The van der Waals surface area contributed by atoms with Crippen molar-refractivity contribution in [2.45, 2.75) is 39.2 Å². The molecular weight excluding hydrogens is 356 g/mol. The zero-order valence-corrected chi connectivity index (χ0v) is 16.4. The number of carbonyl (C=O) groups is 1. The quantitative estimate of drug-likeness (QED) is 0.676. The van der Waals surface area contributed by atoms with Crippen molar-refractivity contribution in [3.8, 4) is 11.4 Å². The molecule has 0 spiro atoms. The van der Waals surface area contributed by atoms with Gasteiger partial charge in [0.1, 0.15) is 11.7 Å². The molecule has 0 unspecified atom stereocenters. The van der Waals surface area contributed by atoms with Crippen molar-refractivity contribution in [1.29, 1.82) is 0 Å². The second kappa shape index (κ2) is 7.53. The number of amides is 1. The van der Waals surface area contributed by atoms with Gasteiger partial charge in [0.15, 0.2) is 0 Å². The Kier molecular flexibility index (Phi) is 4.93. The van der Waals surface area contributed by atoms with Crippen LogP contribution in [0.1, 0.15) is 54.8 Å². The van der Waals surface area contributed by atoms with Gasteiger partial charge in [-0.3, -0.25) is 14.5 Å². The lowest BCUT2D eigenvalue weighted by Crippen LogP contribution is -2.32. The molecule has 0 bridgehead atoms. The highest BCUT2D eigenvalue weighted by atomic mass is 16.5. The molecule has 3 aromatic heterocycles. The molecule has 3 aromatic rings. The Morgan fingerprint density at radius 3 is 3.00 bits per heavy atom. The fraction of sp³-hybridized carbons (Fsp3) is 0.450. The summed E-state index contributed by atoms with van der Waals surface area (Å²) in [7, 11) is 1.81. The first kappa shape index (κ1) is 18.3. The Hall–Kier alpha value is -3.03. The molecule has 1 amide bonds. The van der Waals surface area contributed by atoms with Crippen molar-refractivity contribution in [1.82, 2.24) is 29.8 Å². The first-order valence-corrected chi connectivity index (χ1v) is 9.61. The molecule has 1 fully saturated rings. The Labute approximate surface area is 163 Å². The van der Waals surface area contributed by atoms with Gasteiger partial charge in [-0.1, -0.05) is 19.0 Å². The van der Waals surface area contributed by atoms with Crippen LogP contribution in [0.3, 0.4) is 0 Å². The number of carbonyl (C=O) groups excluding carboxylic acids is 1. The van der Waals surface area contributed by atoms with Gasteiger partial charge in [0.05, 0.1) is 5.69 Å². The van der Waals surface area contributed by atoms with E-state index in [1.165, 1.54) is 0 Å². The van der Waals surface area contributed by atoms with Gasteiger partial charge in [0, 0.05) is 31.5 Å². The molecule has 0 aromatic carbocycles. The van der Waals surface area contributed by atoms with Gasteiger partial charge in [-0.25, -0.2) is 0 Å². The van der Waals surface area contributed by atoms with Crippen LogP contribution < -0.4 is 0 Å². The van der Waals surface area contributed by atoms with Crippen LogP contribution in [0, 0.1) is 5.92 Å². The zero-order chi connectivity index (χ0) is 19.7. The van der Waals surface area contributed by atoms with E-state index in [-0.39, 0.29) is 11.9 Å². The van der Waals surface area contributed by atoms with Crippen molar-refractivity contribution in [3.05, 3.63) is 47.9 Å². The smallest absolute Gasteiger partial charge is 0.272 e. The van der Waals surface area contributed by atoms with Gasteiger partial charge < -0.3 is 9.42 Å². The lowest BCUT2D eigenvalue weighted by Gasteiger charge is -2.21. The summed E-state index contributed by atoms with van der Waals surface area (Å²) in [6.45, 7) is 4.95. The summed E-state index contributed by atoms with van der Waals surface area (Å²) in [5, 5.41) is 8.57. The minimum atomic E-state index is -0.214. The Morgan fingerprint density at radius 2 is 2.25 bits per heavy atom. The average molecular weight is 380 g/mol. The maximum Gasteiger partial charge on any atom is 0.272 e. The highest BCUT2D eigenvalue weighted by Gasteiger charge is 2.35. The van der Waals surface area contributed by atoms with Gasteiger partial charge in [0.2, 0.25) is 11.7 Å². The molecule has 4 rings (SSSR count). The van der Waals surface area contributed by atoms with E-state index in [9.17, 15) is 4.79 Å². The molecular formula is C20H24N6O2. The Bertz CT molecular complexity index is 962. The molecule has 0 N–H and O–H groups in total. The SMILES string of the molecule is CC(C)Cc1cc(C(=O)N2CCC[C@@H]2c2nc(-c3cccnc3)no2)n(C)n1. The molecule has 1 atom stereocenters. The van der Waals surface area contributed by atoms with Gasteiger partial charge >= 0.3 is 0 Å². The number of aromatic nitrogens is 5. The van der Waals surface area contributed by atoms with Gasteiger partial charge in [-0.05, 0) is 43.4 Å². The average Bonchev–Trinajstić information content (AvgIpc) is 3.40. The third-order valence-electron chi connectivity index (χ3n) is 4.93. The molecule has 1 saturated heterocycles. The van der Waals surface area contributed by atoms with Gasteiger partial charge in [-0.2, -0.15) is 10.1 Å². The van der Waals surface area contributed by atoms with Crippen LogP contribution in [-0.4, -0.2) is 42.3 Å². The van der Waals surface area contributed by atoms with Crippen LogP contribution in [0.4, 0.5) is 0 Å². The second-order valence-corrected chi connectivity index (χ2v) is 7.60. The van der Waals surface area contributed by atoms with E-state index in [2.05, 4.69) is 34.1 Å². The van der Waals surface area contributed by atoms with Crippen molar-refractivity contribution >= 4 is 5.91 Å². The molecule has 28 heavy (non-hydrogen) atoms. The fourth-order valence-corrected chi connectivity index (χ4v) is 3.64. The first-order valence-electron chi connectivity index (χ1n) is 9.61. The molecule has 0 saturated carbocycles. The Balaban J connectivity index is 1.56. The molecule has 1 aliphatic heterocycles. The van der Waals surface area contributed by atoms with E-state index < -0.39 is 0 Å². The largest absolute Gasteiger partial charge is 0.337 e. The molecule has 0 radical (unpaired) electrons. The van der Waals surface area contributed by atoms with Crippen LogP contribution in [0.2, 0.25) is 0 Å². The maximum absolute atomic E-state index is 13.2. The van der Waals surface area contributed by atoms with E-state index >= 15 is 0 Å². The standard InChI is InChI=1S/C20H24N6O2/c1-13(2)10-15-11-17(25(3)23-15)20(27)26-9-5-7-16(26)19-22-18(24-28-19)14-6-4-8-21-12-14/h4,6,8,11-13,16H,5,7,9-10H2,1-3H3/t16-/m1/s1. The monoisotopic (exact) mass is 380 g/mol. The fourth-order valence-electron chi connectivity index (χ4n) is 3.64. The number of likely N-dealkylation sites (tertiary alicyclic amines) is 1. The zero-order valence-electron chi connectivity index (χ0n) is 16.4. The van der Waals surface area contributed by atoms with E-state index in [1.807, 2.05) is 30.1 Å². The number of pyridine rings is 1. The molecule has 4 heterocycles. The summed E-state index contributed by atoms with van der Waals surface area (Å²) in [6, 6.07) is 5.39. The van der Waals surface area contributed by atoms with Crippen LogP contribution >= 0.6 is 0 Å². The summed E-state index contributed by atoms with van der Waals surface area (Å²) >= 11 is 0. The minimum Gasteiger partial charge on any atom is -0.337 e. The molecule has 146 valence electrons. The minimum absolute atomic E-state index is 0.0476. The Morgan fingerprint density at radius 1 is 1.39 bits per heavy atom. The molecule has 0 aliphatic carbocycles. The molecule has 8 nitrogen and oxygen atoms in total. The van der Waals surface area contributed by atoms with Gasteiger partial charge in [-0.15, -0.1) is 0 Å². The highest BCUT2D eigenvalue weighted by Crippen LogP contribution is 2.33. The van der Waals surface area contributed by atoms with Crippen LogP contribution in [-0.2, 0) is 13.5 Å². The summed E-state index contributed by atoms with van der Waals surface area (Å²) in [5.41, 5.74) is 2.32. The lowest BCUT2D eigenvalue weighted by molar-refractivity contribution is 0.0699. The van der Waals surface area contributed by atoms with Crippen molar-refractivity contribution in [2.75, 3.05) is 6.54 Å². The third kappa shape index (κ3) is 3.54. The topological polar surface area (TPSA) is 89.9 Å². The number of hydrogen-bond donors (Lipinski definition) is 0. The predicted octanol–water partition coefficient (Wildman–Crippen LogP) is 3.04. The van der Waals surface area contributed by atoms with Crippen LogP contribution in [0.15, 0.2) is 35.1 Å².